The van der Waals surface area contributed by atoms with Gasteiger partial charge in [-0.1, -0.05) is 12.1 Å². The van der Waals surface area contributed by atoms with Crippen molar-refractivity contribution < 1.29 is 4.79 Å². The summed E-state index contributed by atoms with van der Waals surface area (Å²) >= 11 is 0. The minimum Gasteiger partial charge on any atom is -0.345 e. The molecule has 0 saturated heterocycles. The van der Waals surface area contributed by atoms with E-state index in [1.165, 1.54) is 0 Å². The minimum absolute atomic E-state index is 0.200. The molecule has 0 aliphatic rings. The van der Waals surface area contributed by atoms with Crippen molar-refractivity contribution in [2.75, 3.05) is 0 Å². The second-order valence-corrected chi connectivity index (χ2v) is 4.10. The minimum atomic E-state index is -0.200. The normalized spacial score (nSPS) is 10.5. The molecule has 3 aromatic heterocycles. The van der Waals surface area contributed by atoms with Crippen molar-refractivity contribution in [3.8, 4) is 0 Å². The summed E-state index contributed by atoms with van der Waals surface area (Å²) < 4.78 is 1.82. The molecule has 0 radical (unpaired) electrons. The topological polar surface area (TPSA) is 59.3 Å². The molecule has 0 bridgehead atoms. The molecule has 0 atom stereocenters. The molecule has 0 saturated carbocycles. The highest BCUT2D eigenvalue weighted by Crippen LogP contribution is 2.04. The molecule has 5 heteroatoms. The highest BCUT2D eigenvalue weighted by molar-refractivity contribution is 5.92. The lowest BCUT2D eigenvalue weighted by Gasteiger charge is -2.01. The van der Waals surface area contributed by atoms with Crippen molar-refractivity contribution >= 4 is 11.6 Å². The SMILES string of the molecule is O=C(NCc1ccccn1)c1cn2ccccc2n1. The monoisotopic (exact) mass is 252 g/mol. The van der Waals surface area contributed by atoms with Gasteiger partial charge in [0.1, 0.15) is 11.3 Å². The predicted molar refractivity (Wildman–Crippen MR) is 70.6 cm³/mol. The summed E-state index contributed by atoms with van der Waals surface area (Å²) in [7, 11) is 0. The van der Waals surface area contributed by atoms with E-state index >= 15 is 0 Å². The Hall–Kier alpha value is -2.69. The third-order valence-corrected chi connectivity index (χ3v) is 2.75. The number of imidazole rings is 1. The zero-order valence-corrected chi connectivity index (χ0v) is 10.2. The molecule has 0 aliphatic carbocycles. The van der Waals surface area contributed by atoms with Crippen LogP contribution in [0.1, 0.15) is 16.2 Å². The Bertz CT molecular complexity index is 673. The van der Waals surface area contributed by atoms with Crippen LogP contribution in [0.3, 0.4) is 0 Å². The zero-order valence-electron chi connectivity index (χ0n) is 10.2. The third-order valence-electron chi connectivity index (χ3n) is 2.75. The lowest BCUT2D eigenvalue weighted by molar-refractivity contribution is 0.0946. The Labute approximate surface area is 109 Å². The van der Waals surface area contributed by atoms with Crippen LogP contribution in [0.5, 0.6) is 0 Å². The number of carbonyl (C=O) groups is 1. The van der Waals surface area contributed by atoms with Gasteiger partial charge in [-0.05, 0) is 24.3 Å². The van der Waals surface area contributed by atoms with Gasteiger partial charge in [0, 0.05) is 18.6 Å². The first kappa shape index (κ1) is 11.4. The first-order valence-corrected chi connectivity index (χ1v) is 5.95. The molecule has 94 valence electrons. The van der Waals surface area contributed by atoms with Crippen LogP contribution in [0, 0.1) is 0 Å². The fraction of sp³-hybridized carbons (Fsp3) is 0.0714. The zero-order chi connectivity index (χ0) is 13.1. The van der Waals surface area contributed by atoms with Gasteiger partial charge in [-0.15, -0.1) is 0 Å². The van der Waals surface area contributed by atoms with E-state index in [2.05, 4.69) is 15.3 Å². The maximum absolute atomic E-state index is 12.0. The average molecular weight is 252 g/mol. The van der Waals surface area contributed by atoms with Crippen molar-refractivity contribution in [1.82, 2.24) is 19.7 Å². The fourth-order valence-electron chi connectivity index (χ4n) is 1.81. The van der Waals surface area contributed by atoms with E-state index in [0.29, 0.717) is 12.2 Å². The number of pyridine rings is 2. The van der Waals surface area contributed by atoms with E-state index < -0.39 is 0 Å². The Kier molecular flexibility index (Phi) is 2.94. The number of fused-ring (bicyclic) bond motifs is 1. The highest BCUT2D eigenvalue weighted by atomic mass is 16.1. The second-order valence-electron chi connectivity index (χ2n) is 4.10. The number of hydrogen-bond acceptors (Lipinski definition) is 3. The van der Waals surface area contributed by atoms with Gasteiger partial charge < -0.3 is 9.72 Å². The molecule has 3 heterocycles. The van der Waals surface area contributed by atoms with Gasteiger partial charge in [-0.3, -0.25) is 9.78 Å². The van der Waals surface area contributed by atoms with Gasteiger partial charge in [-0.25, -0.2) is 4.98 Å². The van der Waals surface area contributed by atoms with Crippen LogP contribution in [0.15, 0.2) is 55.0 Å². The molecule has 5 nitrogen and oxygen atoms in total. The van der Waals surface area contributed by atoms with Crippen LogP contribution in [0.4, 0.5) is 0 Å². The molecule has 0 fully saturated rings. The van der Waals surface area contributed by atoms with Crippen molar-refractivity contribution in [2.24, 2.45) is 0 Å². The van der Waals surface area contributed by atoms with E-state index in [1.54, 1.807) is 12.4 Å². The van der Waals surface area contributed by atoms with E-state index in [-0.39, 0.29) is 5.91 Å². The summed E-state index contributed by atoms with van der Waals surface area (Å²) in [5.41, 5.74) is 1.98. The largest absolute Gasteiger partial charge is 0.345 e. The first-order chi connectivity index (χ1) is 9.33. The predicted octanol–water partition coefficient (Wildman–Crippen LogP) is 1.66. The number of nitrogens with one attached hydrogen (secondary N) is 1. The van der Waals surface area contributed by atoms with Crippen molar-refractivity contribution in [3.63, 3.8) is 0 Å². The number of amides is 1. The van der Waals surface area contributed by atoms with Crippen LogP contribution >= 0.6 is 0 Å². The van der Waals surface area contributed by atoms with Crippen molar-refractivity contribution in [1.29, 1.82) is 0 Å². The van der Waals surface area contributed by atoms with E-state index in [4.69, 9.17) is 0 Å². The molecular formula is C14H12N4O. The second kappa shape index (κ2) is 4.89. The fourth-order valence-corrected chi connectivity index (χ4v) is 1.81. The van der Waals surface area contributed by atoms with Crippen molar-refractivity contribution in [2.45, 2.75) is 6.54 Å². The molecule has 0 aromatic carbocycles. The van der Waals surface area contributed by atoms with Gasteiger partial charge in [0.25, 0.3) is 5.91 Å². The van der Waals surface area contributed by atoms with Crippen LogP contribution in [0.25, 0.3) is 5.65 Å². The number of nitrogens with zero attached hydrogens (tertiary/aromatic N) is 3. The van der Waals surface area contributed by atoms with Crippen LogP contribution in [-0.2, 0) is 6.54 Å². The molecule has 1 amide bonds. The standard InChI is InChI=1S/C14H12N4O/c19-14(16-9-11-5-1-3-7-15-11)12-10-18-8-4-2-6-13(18)17-12/h1-8,10H,9H2,(H,16,19). The number of rotatable bonds is 3. The van der Waals surface area contributed by atoms with Crippen molar-refractivity contribution in [3.05, 3.63) is 66.4 Å². The van der Waals surface area contributed by atoms with Gasteiger partial charge in [0.2, 0.25) is 0 Å². The molecule has 0 unspecified atom stereocenters. The molecule has 0 spiro atoms. The number of carbonyl (C=O) groups excluding carboxylic acids is 1. The Morgan fingerprint density at radius 1 is 1.21 bits per heavy atom. The molecule has 19 heavy (non-hydrogen) atoms. The summed E-state index contributed by atoms with van der Waals surface area (Å²) in [6.45, 7) is 0.396. The lowest BCUT2D eigenvalue weighted by atomic mass is 10.3. The molecular weight excluding hydrogens is 240 g/mol. The Balaban J connectivity index is 1.73. The summed E-state index contributed by atoms with van der Waals surface area (Å²) in [6.07, 6.45) is 5.27. The summed E-state index contributed by atoms with van der Waals surface area (Å²) in [4.78, 5) is 20.4. The maximum atomic E-state index is 12.0. The van der Waals surface area contributed by atoms with E-state index in [9.17, 15) is 4.79 Å². The third kappa shape index (κ3) is 2.44. The quantitative estimate of drug-likeness (QED) is 0.771. The molecule has 3 aromatic rings. The average Bonchev–Trinajstić information content (AvgIpc) is 2.90. The first-order valence-electron chi connectivity index (χ1n) is 5.95. The van der Waals surface area contributed by atoms with E-state index in [1.807, 2.05) is 47.0 Å². The number of hydrogen-bond donors (Lipinski definition) is 1. The summed E-state index contributed by atoms with van der Waals surface area (Å²) in [5, 5.41) is 2.80. The number of aromatic nitrogens is 3. The van der Waals surface area contributed by atoms with Gasteiger partial charge >= 0.3 is 0 Å². The van der Waals surface area contributed by atoms with Crippen LogP contribution in [-0.4, -0.2) is 20.3 Å². The van der Waals surface area contributed by atoms with E-state index in [0.717, 1.165) is 11.3 Å². The molecule has 0 aliphatic heterocycles. The molecule has 1 N–H and O–H groups in total. The molecule has 3 rings (SSSR count). The van der Waals surface area contributed by atoms with Gasteiger partial charge in [0.05, 0.1) is 12.2 Å². The summed E-state index contributed by atoms with van der Waals surface area (Å²) in [6, 6.07) is 11.2. The lowest BCUT2D eigenvalue weighted by Crippen LogP contribution is -2.23. The smallest absolute Gasteiger partial charge is 0.271 e. The highest BCUT2D eigenvalue weighted by Gasteiger charge is 2.09. The Morgan fingerprint density at radius 2 is 2.11 bits per heavy atom. The van der Waals surface area contributed by atoms with Gasteiger partial charge in [-0.2, -0.15) is 0 Å². The van der Waals surface area contributed by atoms with Gasteiger partial charge in [0.15, 0.2) is 0 Å². The summed E-state index contributed by atoms with van der Waals surface area (Å²) in [5.74, 6) is -0.200. The maximum Gasteiger partial charge on any atom is 0.271 e. The Morgan fingerprint density at radius 3 is 2.89 bits per heavy atom. The van der Waals surface area contributed by atoms with Crippen LogP contribution < -0.4 is 5.32 Å². The van der Waals surface area contributed by atoms with Crippen LogP contribution in [0.2, 0.25) is 0 Å².